The van der Waals surface area contributed by atoms with Crippen LogP contribution in [0.5, 0.6) is 5.75 Å². The Balaban J connectivity index is 1.79. The number of anilines is 1. The second-order valence-corrected chi connectivity index (χ2v) is 7.34. The van der Waals surface area contributed by atoms with Crippen molar-refractivity contribution in [1.29, 1.82) is 0 Å². The van der Waals surface area contributed by atoms with Gasteiger partial charge in [0.05, 0.1) is 12.3 Å². The van der Waals surface area contributed by atoms with Gasteiger partial charge in [0.1, 0.15) is 10.6 Å². The number of ether oxygens (including phenoxy) is 1. The SMILES string of the molecule is CCCOc1ccccc1-c1cccc(SNc2ccsc2C(=O)O)c1. The monoisotopic (exact) mass is 385 g/mol. The summed E-state index contributed by atoms with van der Waals surface area (Å²) in [6, 6.07) is 17.9. The second kappa shape index (κ2) is 8.78. The largest absolute Gasteiger partial charge is 0.493 e. The summed E-state index contributed by atoms with van der Waals surface area (Å²) in [5.74, 6) is -0.0469. The molecule has 2 aromatic carbocycles. The van der Waals surface area contributed by atoms with Crippen molar-refractivity contribution >= 4 is 34.9 Å². The molecular weight excluding hydrogens is 366 g/mol. The molecule has 0 amide bonds. The van der Waals surface area contributed by atoms with Gasteiger partial charge in [-0.25, -0.2) is 4.79 Å². The van der Waals surface area contributed by atoms with Gasteiger partial charge >= 0.3 is 5.97 Å². The predicted octanol–water partition coefficient (Wildman–Crippen LogP) is 6.02. The predicted molar refractivity (Wildman–Crippen MR) is 108 cm³/mol. The van der Waals surface area contributed by atoms with Gasteiger partial charge in [-0.2, -0.15) is 0 Å². The first-order valence-corrected chi connectivity index (χ1v) is 9.94. The minimum atomic E-state index is -0.918. The lowest BCUT2D eigenvalue weighted by Gasteiger charge is -2.12. The van der Waals surface area contributed by atoms with E-state index in [4.69, 9.17) is 4.74 Å². The number of hydrogen-bond acceptors (Lipinski definition) is 5. The maximum Gasteiger partial charge on any atom is 0.348 e. The first kappa shape index (κ1) is 18.4. The molecule has 4 nitrogen and oxygen atoms in total. The Hall–Kier alpha value is -2.44. The summed E-state index contributed by atoms with van der Waals surface area (Å²) >= 11 is 2.61. The molecule has 3 aromatic rings. The number of carboxylic acids is 1. The average molecular weight is 386 g/mol. The number of carboxylic acid groups (broad SMARTS) is 1. The maximum absolute atomic E-state index is 11.2. The lowest BCUT2D eigenvalue weighted by molar-refractivity contribution is 0.0703. The quantitative estimate of drug-likeness (QED) is 0.464. The van der Waals surface area contributed by atoms with Crippen molar-refractivity contribution in [3.63, 3.8) is 0 Å². The van der Waals surface area contributed by atoms with E-state index in [2.05, 4.69) is 17.7 Å². The fourth-order valence-electron chi connectivity index (χ4n) is 2.44. The van der Waals surface area contributed by atoms with E-state index in [0.717, 1.165) is 28.2 Å². The van der Waals surface area contributed by atoms with Crippen molar-refractivity contribution in [3.05, 3.63) is 64.9 Å². The number of aromatic carboxylic acids is 1. The Bertz CT molecular complexity index is 892. The van der Waals surface area contributed by atoms with E-state index >= 15 is 0 Å². The second-order valence-electron chi connectivity index (χ2n) is 5.55. The third-order valence-electron chi connectivity index (χ3n) is 3.63. The molecule has 0 bridgehead atoms. The lowest BCUT2D eigenvalue weighted by atomic mass is 10.0. The summed E-state index contributed by atoms with van der Waals surface area (Å²) in [5, 5.41) is 11.0. The molecule has 3 rings (SSSR count). The minimum Gasteiger partial charge on any atom is -0.493 e. The molecule has 0 saturated carbocycles. The Kier molecular flexibility index (Phi) is 6.20. The molecular formula is C20H19NO3S2. The highest BCUT2D eigenvalue weighted by atomic mass is 32.2. The van der Waals surface area contributed by atoms with Gasteiger partial charge in [0, 0.05) is 10.5 Å². The molecule has 0 saturated heterocycles. The number of rotatable bonds is 8. The molecule has 1 heterocycles. The van der Waals surface area contributed by atoms with Gasteiger partial charge in [0.25, 0.3) is 0 Å². The van der Waals surface area contributed by atoms with E-state index < -0.39 is 5.97 Å². The molecule has 134 valence electrons. The zero-order valence-corrected chi connectivity index (χ0v) is 15.9. The van der Waals surface area contributed by atoms with Crippen molar-refractivity contribution in [3.8, 4) is 16.9 Å². The van der Waals surface area contributed by atoms with Gasteiger partial charge in [-0.15, -0.1) is 11.3 Å². The van der Waals surface area contributed by atoms with E-state index in [0.29, 0.717) is 17.2 Å². The van der Waals surface area contributed by atoms with Crippen molar-refractivity contribution in [2.24, 2.45) is 0 Å². The van der Waals surface area contributed by atoms with Crippen molar-refractivity contribution < 1.29 is 14.6 Å². The Morgan fingerprint density at radius 2 is 2.04 bits per heavy atom. The van der Waals surface area contributed by atoms with Crippen LogP contribution in [-0.4, -0.2) is 17.7 Å². The fraction of sp³-hybridized carbons (Fsp3) is 0.150. The van der Waals surface area contributed by atoms with E-state index in [1.807, 2.05) is 42.5 Å². The van der Waals surface area contributed by atoms with Gasteiger partial charge in [-0.1, -0.05) is 37.3 Å². The van der Waals surface area contributed by atoms with E-state index in [9.17, 15) is 9.90 Å². The van der Waals surface area contributed by atoms with Gasteiger partial charge in [0.15, 0.2) is 0 Å². The summed E-state index contributed by atoms with van der Waals surface area (Å²) in [7, 11) is 0. The molecule has 26 heavy (non-hydrogen) atoms. The first-order chi connectivity index (χ1) is 12.7. The van der Waals surface area contributed by atoms with E-state index in [-0.39, 0.29) is 0 Å². The normalized spacial score (nSPS) is 10.5. The zero-order valence-electron chi connectivity index (χ0n) is 14.3. The molecule has 0 fully saturated rings. The van der Waals surface area contributed by atoms with Crippen LogP contribution < -0.4 is 9.46 Å². The zero-order chi connectivity index (χ0) is 18.4. The summed E-state index contributed by atoms with van der Waals surface area (Å²) in [6.07, 6.45) is 0.959. The van der Waals surface area contributed by atoms with Crippen LogP contribution in [0.1, 0.15) is 23.0 Å². The topological polar surface area (TPSA) is 58.6 Å². The summed E-state index contributed by atoms with van der Waals surface area (Å²) < 4.78 is 8.99. The Morgan fingerprint density at radius 3 is 2.85 bits per heavy atom. The molecule has 1 aromatic heterocycles. The smallest absolute Gasteiger partial charge is 0.348 e. The standard InChI is InChI=1S/C20H19NO3S2/c1-2-11-24-18-9-4-3-8-16(18)14-6-5-7-15(13-14)26-21-17-10-12-25-19(17)20(22)23/h3-10,12-13,21H,2,11H2,1H3,(H,22,23). The highest BCUT2D eigenvalue weighted by molar-refractivity contribution is 8.00. The molecule has 0 aliphatic heterocycles. The third-order valence-corrected chi connectivity index (χ3v) is 5.35. The molecule has 6 heteroatoms. The number of benzene rings is 2. The summed E-state index contributed by atoms with van der Waals surface area (Å²) in [5.41, 5.74) is 2.72. The molecule has 0 aliphatic carbocycles. The number of para-hydroxylation sites is 1. The Morgan fingerprint density at radius 1 is 1.19 bits per heavy atom. The van der Waals surface area contributed by atoms with Crippen LogP contribution in [0.2, 0.25) is 0 Å². The van der Waals surface area contributed by atoms with Gasteiger partial charge < -0.3 is 14.6 Å². The van der Waals surface area contributed by atoms with Crippen molar-refractivity contribution in [2.75, 3.05) is 11.3 Å². The third kappa shape index (κ3) is 4.39. The van der Waals surface area contributed by atoms with Crippen LogP contribution in [0.3, 0.4) is 0 Å². The van der Waals surface area contributed by atoms with Crippen LogP contribution in [0.25, 0.3) is 11.1 Å². The highest BCUT2D eigenvalue weighted by Crippen LogP contribution is 2.33. The number of hydrogen-bond donors (Lipinski definition) is 2. The molecule has 0 spiro atoms. The number of carbonyl (C=O) groups is 1. The summed E-state index contributed by atoms with van der Waals surface area (Å²) in [4.78, 5) is 12.5. The van der Waals surface area contributed by atoms with Crippen molar-refractivity contribution in [2.45, 2.75) is 18.2 Å². The van der Waals surface area contributed by atoms with E-state index in [1.165, 1.54) is 23.3 Å². The fourth-order valence-corrected chi connectivity index (χ4v) is 3.92. The summed E-state index contributed by atoms with van der Waals surface area (Å²) in [6.45, 7) is 2.77. The number of thiophene rings is 1. The molecule has 2 N–H and O–H groups in total. The minimum absolute atomic E-state index is 0.312. The van der Waals surface area contributed by atoms with Crippen LogP contribution in [-0.2, 0) is 0 Å². The van der Waals surface area contributed by atoms with Gasteiger partial charge in [-0.05, 0) is 53.6 Å². The van der Waals surface area contributed by atoms with Crippen molar-refractivity contribution in [1.82, 2.24) is 0 Å². The van der Waals surface area contributed by atoms with Crippen LogP contribution in [0.15, 0.2) is 64.9 Å². The highest BCUT2D eigenvalue weighted by Gasteiger charge is 2.12. The molecule has 0 aliphatic rings. The molecule has 0 unspecified atom stereocenters. The van der Waals surface area contributed by atoms with Gasteiger partial charge in [0.2, 0.25) is 0 Å². The maximum atomic E-state index is 11.2. The number of nitrogens with one attached hydrogen (secondary N) is 1. The first-order valence-electron chi connectivity index (χ1n) is 8.25. The molecule has 0 atom stereocenters. The van der Waals surface area contributed by atoms with Crippen LogP contribution in [0.4, 0.5) is 5.69 Å². The average Bonchev–Trinajstić information content (AvgIpc) is 3.14. The lowest BCUT2D eigenvalue weighted by Crippen LogP contribution is -1.97. The van der Waals surface area contributed by atoms with Crippen LogP contribution in [0, 0.1) is 0 Å². The Labute approximate surface area is 161 Å². The van der Waals surface area contributed by atoms with Gasteiger partial charge in [-0.3, -0.25) is 0 Å². The molecule has 0 radical (unpaired) electrons. The van der Waals surface area contributed by atoms with Crippen LogP contribution >= 0.6 is 23.3 Å². The van der Waals surface area contributed by atoms with E-state index in [1.54, 1.807) is 11.4 Å².